The number of hydrogen-bond donors (Lipinski definition) is 2. The summed E-state index contributed by atoms with van der Waals surface area (Å²) in [6, 6.07) is 7.59. The van der Waals surface area contributed by atoms with Gasteiger partial charge in [-0.05, 0) is 42.2 Å². The van der Waals surface area contributed by atoms with Gasteiger partial charge in [0.1, 0.15) is 22.3 Å². The first-order valence-corrected chi connectivity index (χ1v) is 9.57. The summed E-state index contributed by atoms with van der Waals surface area (Å²) >= 11 is 0. The molecule has 0 aliphatic heterocycles. The molecule has 0 aliphatic rings. The molecule has 2 aromatic rings. The zero-order valence-corrected chi connectivity index (χ0v) is 15.9. The molecular weight excluding hydrogens is 378 g/mol. The molecule has 0 unspecified atom stereocenters. The first-order chi connectivity index (χ1) is 12.6. The highest BCUT2D eigenvalue weighted by Crippen LogP contribution is 2.27. The van der Waals surface area contributed by atoms with E-state index in [1.54, 1.807) is 10.9 Å². The molecule has 2 rings (SSSR count). The van der Waals surface area contributed by atoms with E-state index in [0.29, 0.717) is 11.8 Å². The van der Waals surface area contributed by atoms with Crippen molar-refractivity contribution in [3.8, 4) is 5.75 Å². The van der Waals surface area contributed by atoms with Gasteiger partial charge in [-0.2, -0.15) is 0 Å². The molecule has 0 saturated heterocycles. The molecule has 0 fully saturated rings. The number of amides is 1. The van der Waals surface area contributed by atoms with Gasteiger partial charge < -0.3 is 4.74 Å². The molecule has 0 aromatic heterocycles. The summed E-state index contributed by atoms with van der Waals surface area (Å²) in [7, 11) is -4.39. The lowest BCUT2D eigenvalue weighted by atomic mass is 10.0. The zero-order valence-electron chi connectivity index (χ0n) is 15.0. The fourth-order valence-electron chi connectivity index (χ4n) is 2.30. The van der Waals surface area contributed by atoms with Gasteiger partial charge in [0.05, 0.1) is 0 Å². The second kappa shape index (κ2) is 8.45. The Hall–Kier alpha value is -2.52. The molecule has 0 atom stereocenters. The number of carbonyl (C=O) groups is 1. The number of hydrogen-bond acceptors (Lipinski definition) is 4. The van der Waals surface area contributed by atoms with Crippen molar-refractivity contribution in [2.24, 2.45) is 0 Å². The lowest BCUT2D eigenvalue weighted by molar-refractivity contribution is -0.123. The van der Waals surface area contributed by atoms with Gasteiger partial charge in [0.25, 0.3) is 15.9 Å². The van der Waals surface area contributed by atoms with Crippen LogP contribution in [-0.2, 0) is 14.8 Å². The highest BCUT2D eigenvalue weighted by atomic mass is 32.2. The fraction of sp³-hybridized carbons (Fsp3) is 0.278. The summed E-state index contributed by atoms with van der Waals surface area (Å²) in [4.78, 5) is 12.8. The van der Waals surface area contributed by atoms with Crippen molar-refractivity contribution in [3.63, 3.8) is 0 Å². The van der Waals surface area contributed by atoms with Gasteiger partial charge in [-0.1, -0.05) is 26.0 Å². The molecule has 9 heteroatoms. The van der Waals surface area contributed by atoms with Crippen LogP contribution in [0, 0.1) is 18.6 Å². The van der Waals surface area contributed by atoms with E-state index in [2.05, 4.69) is 0 Å². The molecule has 2 N–H and O–H groups in total. The third-order valence-electron chi connectivity index (χ3n) is 3.66. The van der Waals surface area contributed by atoms with Crippen molar-refractivity contribution in [1.29, 1.82) is 0 Å². The highest BCUT2D eigenvalue weighted by molar-refractivity contribution is 7.89. The number of nitrogens with one attached hydrogen (secondary N) is 2. The smallest absolute Gasteiger partial charge is 0.272 e. The van der Waals surface area contributed by atoms with E-state index < -0.39 is 39.1 Å². The Labute approximate surface area is 156 Å². The average Bonchev–Trinajstić information content (AvgIpc) is 2.57. The second-order valence-electron chi connectivity index (χ2n) is 6.21. The SMILES string of the molecule is Cc1ccc(C(C)C)c(OCC(=O)NNS(=O)(=O)c2ccc(F)cc2F)c1. The molecular formula is C18H20F2N2O4S. The van der Waals surface area contributed by atoms with Gasteiger partial charge >= 0.3 is 0 Å². The summed E-state index contributed by atoms with van der Waals surface area (Å²) in [6.07, 6.45) is 0. The van der Waals surface area contributed by atoms with Crippen LogP contribution in [0.1, 0.15) is 30.9 Å². The first kappa shape index (κ1) is 20.8. The number of sulfonamides is 1. The Bertz CT molecular complexity index is 946. The maximum absolute atomic E-state index is 13.6. The first-order valence-electron chi connectivity index (χ1n) is 8.09. The Morgan fingerprint density at radius 2 is 1.85 bits per heavy atom. The molecule has 6 nitrogen and oxygen atoms in total. The minimum absolute atomic E-state index is 0.170. The van der Waals surface area contributed by atoms with Crippen LogP contribution in [0.5, 0.6) is 5.75 Å². The molecule has 146 valence electrons. The lowest BCUT2D eigenvalue weighted by Crippen LogP contribution is -2.44. The van der Waals surface area contributed by atoms with Crippen LogP contribution in [0.3, 0.4) is 0 Å². The normalized spacial score (nSPS) is 11.5. The summed E-state index contributed by atoms with van der Waals surface area (Å²) < 4.78 is 56.0. The number of aryl methyl sites for hydroxylation is 1. The molecule has 2 aromatic carbocycles. The minimum Gasteiger partial charge on any atom is -0.483 e. The third-order valence-corrected chi connectivity index (χ3v) is 4.94. The van der Waals surface area contributed by atoms with Crippen molar-refractivity contribution in [3.05, 3.63) is 59.2 Å². The van der Waals surface area contributed by atoms with Crippen molar-refractivity contribution < 1.29 is 26.7 Å². The summed E-state index contributed by atoms with van der Waals surface area (Å²) in [5, 5.41) is 0. The van der Waals surface area contributed by atoms with E-state index >= 15 is 0 Å². The summed E-state index contributed by atoms with van der Waals surface area (Å²) in [5.74, 6) is -2.27. The maximum atomic E-state index is 13.6. The van der Waals surface area contributed by atoms with Gasteiger partial charge in [0.2, 0.25) is 0 Å². The van der Waals surface area contributed by atoms with Crippen LogP contribution < -0.4 is 15.0 Å². The molecule has 0 saturated carbocycles. The van der Waals surface area contributed by atoms with Gasteiger partial charge in [-0.25, -0.2) is 17.2 Å². The van der Waals surface area contributed by atoms with Crippen LogP contribution in [0.2, 0.25) is 0 Å². The van der Waals surface area contributed by atoms with Gasteiger partial charge in [0.15, 0.2) is 6.61 Å². The van der Waals surface area contributed by atoms with Crippen molar-refractivity contribution in [2.45, 2.75) is 31.6 Å². The fourth-order valence-corrected chi connectivity index (χ4v) is 3.22. The average molecular weight is 398 g/mol. The largest absolute Gasteiger partial charge is 0.483 e. The van der Waals surface area contributed by atoms with Gasteiger partial charge in [-0.3, -0.25) is 10.2 Å². The van der Waals surface area contributed by atoms with E-state index in [0.717, 1.165) is 23.3 Å². The van der Waals surface area contributed by atoms with Crippen molar-refractivity contribution in [1.82, 2.24) is 10.3 Å². The van der Waals surface area contributed by atoms with E-state index in [9.17, 15) is 22.0 Å². The predicted octanol–water partition coefficient (Wildman–Crippen LogP) is 2.79. The topological polar surface area (TPSA) is 84.5 Å². The van der Waals surface area contributed by atoms with Crippen LogP contribution >= 0.6 is 0 Å². The van der Waals surface area contributed by atoms with Crippen LogP contribution in [0.15, 0.2) is 41.3 Å². The molecule has 0 heterocycles. The van der Waals surface area contributed by atoms with Gasteiger partial charge in [0, 0.05) is 6.07 Å². The van der Waals surface area contributed by atoms with E-state index in [-0.39, 0.29) is 5.92 Å². The summed E-state index contributed by atoms with van der Waals surface area (Å²) in [5.41, 5.74) is 3.79. The zero-order chi connectivity index (χ0) is 20.2. The Kier molecular flexibility index (Phi) is 6.50. The van der Waals surface area contributed by atoms with Crippen LogP contribution in [0.4, 0.5) is 8.78 Å². The Morgan fingerprint density at radius 1 is 1.15 bits per heavy atom. The second-order valence-corrected chi connectivity index (χ2v) is 7.86. The minimum atomic E-state index is -4.39. The number of hydrazine groups is 1. The molecule has 0 spiro atoms. The summed E-state index contributed by atoms with van der Waals surface area (Å²) in [6.45, 7) is 5.38. The van der Waals surface area contributed by atoms with Gasteiger partial charge in [-0.15, -0.1) is 4.83 Å². The van der Waals surface area contributed by atoms with E-state index in [4.69, 9.17) is 4.74 Å². The Balaban J connectivity index is 2.00. The monoisotopic (exact) mass is 398 g/mol. The standard InChI is InChI=1S/C18H20F2N2O4S/c1-11(2)14-6-4-12(3)8-16(14)26-10-18(23)21-22-27(24,25)17-7-5-13(19)9-15(17)20/h4-9,11,22H,10H2,1-3H3,(H,21,23). The number of carbonyl (C=O) groups excluding carboxylic acids is 1. The van der Waals surface area contributed by atoms with E-state index in [1.807, 2.05) is 38.3 Å². The van der Waals surface area contributed by atoms with Crippen LogP contribution in [-0.4, -0.2) is 20.9 Å². The predicted molar refractivity (Wildman–Crippen MR) is 95.6 cm³/mol. The molecule has 1 amide bonds. The third kappa shape index (κ3) is 5.48. The van der Waals surface area contributed by atoms with Crippen LogP contribution in [0.25, 0.3) is 0 Å². The van der Waals surface area contributed by atoms with Crippen molar-refractivity contribution in [2.75, 3.05) is 6.61 Å². The number of halogens is 2. The molecule has 0 bridgehead atoms. The highest BCUT2D eigenvalue weighted by Gasteiger charge is 2.20. The molecule has 27 heavy (non-hydrogen) atoms. The maximum Gasteiger partial charge on any atom is 0.272 e. The lowest BCUT2D eigenvalue weighted by Gasteiger charge is -2.15. The molecule has 0 aliphatic carbocycles. The van der Waals surface area contributed by atoms with Crippen molar-refractivity contribution >= 4 is 15.9 Å². The number of ether oxygens (including phenoxy) is 1. The quantitative estimate of drug-likeness (QED) is 0.703. The van der Waals surface area contributed by atoms with E-state index in [1.165, 1.54) is 0 Å². The number of benzene rings is 2. The molecule has 0 radical (unpaired) electrons. The number of rotatable bonds is 7. The Morgan fingerprint density at radius 3 is 2.48 bits per heavy atom.